The number of hydrogen-bond donors (Lipinski definition) is 0. The third-order valence-corrected chi connectivity index (χ3v) is 7.26. The summed E-state index contributed by atoms with van der Waals surface area (Å²) in [4.78, 5) is 4.52. The maximum absolute atomic E-state index is 14.2. The van der Waals surface area contributed by atoms with E-state index in [1.54, 1.807) is 24.3 Å². The summed E-state index contributed by atoms with van der Waals surface area (Å²) >= 11 is 0. The Bertz CT molecular complexity index is 1450. The van der Waals surface area contributed by atoms with Gasteiger partial charge in [-0.3, -0.25) is 0 Å². The van der Waals surface area contributed by atoms with Crippen LogP contribution in [0.25, 0.3) is 28.3 Å². The number of halogens is 2. The molecule has 2 heterocycles. The third kappa shape index (κ3) is 4.31. The van der Waals surface area contributed by atoms with E-state index in [2.05, 4.69) is 4.98 Å². The Morgan fingerprint density at radius 3 is 2.64 bits per heavy atom. The Balaban J connectivity index is 1.45. The lowest BCUT2D eigenvalue weighted by atomic mass is 10.0. The highest BCUT2D eigenvalue weighted by molar-refractivity contribution is 7.92. The molecule has 0 bridgehead atoms. The van der Waals surface area contributed by atoms with E-state index in [0.29, 0.717) is 41.9 Å². The van der Waals surface area contributed by atoms with E-state index in [9.17, 15) is 17.2 Å². The topological polar surface area (TPSA) is 63.4 Å². The molecule has 0 N–H and O–H groups in total. The van der Waals surface area contributed by atoms with E-state index in [1.165, 1.54) is 21.8 Å². The van der Waals surface area contributed by atoms with Gasteiger partial charge in [-0.05, 0) is 54.3 Å². The fourth-order valence-corrected chi connectivity index (χ4v) is 5.50. The predicted octanol–water partition coefficient (Wildman–Crippen LogP) is 5.91. The van der Waals surface area contributed by atoms with E-state index in [1.807, 2.05) is 30.3 Å². The van der Waals surface area contributed by atoms with Crippen molar-refractivity contribution in [1.82, 2.24) is 9.29 Å². The molecule has 1 unspecified atom stereocenters. The average Bonchev–Trinajstić information content (AvgIpc) is 3.45. The normalized spacial score (nSPS) is 17.3. The average molecular weight is 467 g/mol. The molecule has 1 atom stereocenters. The summed E-state index contributed by atoms with van der Waals surface area (Å²) in [6, 6.07) is 17.1. The summed E-state index contributed by atoms with van der Waals surface area (Å²) in [6.45, 7) is 0.372. The molecular formula is C25H20F2N2O3S. The molecule has 0 saturated carbocycles. The van der Waals surface area contributed by atoms with Gasteiger partial charge in [-0.25, -0.2) is 22.2 Å². The monoisotopic (exact) mass is 466 g/mol. The number of nitrogens with zero attached hydrogens (tertiary/aromatic N) is 2. The molecule has 5 rings (SSSR count). The van der Waals surface area contributed by atoms with Crippen LogP contribution in [0.15, 0.2) is 76.6 Å². The first-order valence-electron chi connectivity index (χ1n) is 10.5. The highest BCUT2D eigenvalue weighted by Gasteiger charge is 2.37. The second-order valence-electron chi connectivity index (χ2n) is 7.89. The van der Waals surface area contributed by atoms with Crippen LogP contribution < -0.4 is 0 Å². The Kier molecular flexibility index (Phi) is 5.55. The van der Waals surface area contributed by atoms with Crippen molar-refractivity contribution in [2.45, 2.75) is 18.9 Å². The van der Waals surface area contributed by atoms with Crippen LogP contribution in [0.3, 0.4) is 0 Å². The van der Waals surface area contributed by atoms with Crippen molar-refractivity contribution in [2.24, 2.45) is 0 Å². The second-order valence-corrected chi connectivity index (χ2v) is 9.66. The van der Waals surface area contributed by atoms with Crippen molar-refractivity contribution < 1.29 is 21.6 Å². The lowest BCUT2D eigenvalue weighted by molar-refractivity contribution is 0.340. The van der Waals surface area contributed by atoms with Crippen molar-refractivity contribution in [3.05, 3.63) is 95.2 Å². The Labute approximate surface area is 190 Å². The first-order chi connectivity index (χ1) is 15.9. The van der Waals surface area contributed by atoms with Gasteiger partial charge in [0.1, 0.15) is 23.2 Å². The van der Waals surface area contributed by atoms with E-state index in [-0.39, 0.29) is 5.56 Å². The summed E-state index contributed by atoms with van der Waals surface area (Å²) in [5.41, 5.74) is 2.52. The van der Waals surface area contributed by atoms with E-state index < -0.39 is 27.7 Å². The maximum Gasteiger partial charge on any atom is 0.236 e. The smallest absolute Gasteiger partial charge is 0.236 e. The lowest BCUT2D eigenvalue weighted by Crippen LogP contribution is -2.29. The molecule has 168 valence electrons. The third-order valence-electron chi connectivity index (χ3n) is 5.69. The molecule has 4 aromatic rings. The number of fused-ring (bicyclic) bond motifs is 1. The quantitative estimate of drug-likeness (QED) is 0.367. The Morgan fingerprint density at radius 2 is 1.85 bits per heavy atom. The number of aromatic nitrogens is 1. The van der Waals surface area contributed by atoms with Gasteiger partial charge in [-0.2, -0.15) is 4.31 Å². The zero-order valence-corrected chi connectivity index (χ0v) is 18.3. The van der Waals surface area contributed by atoms with Crippen molar-refractivity contribution in [2.75, 3.05) is 6.54 Å². The van der Waals surface area contributed by atoms with Gasteiger partial charge in [0.2, 0.25) is 15.9 Å². The van der Waals surface area contributed by atoms with Crippen LogP contribution in [-0.2, 0) is 10.0 Å². The summed E-state index contributed by atoms with van der Waals surface area (Å²) in [7, 11) is -3.69. The number of rotatable bonds is 5. The molecule has 1 aliphatic rings. The minimum atomic E-state index is -3.69. The summed E-state index contributed by atoms with van der Waals surface area (Å²) in [5, 5.41) is 1.21. The lowest BCUT2D eigenvalue weighted by Gasteiger charge is -2.19. The first kappa shape index (κ1) is 21.5. The molecule has 0 spiro atoms. The largest absolute Gasteiger partial charge is 0.439 e. The van der Waals surface area contributed by atoms with E-state index in [4.69, 9.17) is 4.42 Å². The van der Waals surface area contributed by atoms with Crippen molar-refractivity contribution in [3.8, 4) is 11.1 Å². The van der Waals surface area contributed by atoms with Gasteiger partial charge in [-0.15, -0.1) is 0 Å². The van der Waals surface area contributed by atoms with Gasteiger partial charge in [0.15, 0.2) is 5.58 Å². The first-order valence-corrected chi connectivity index (χ1v) is 12.0. The molecule has 0 radical (unpaired) electrons. The number of sulfonamides is 1. The van der Waals surface area contributed by atoms with Gasteiger partial charge < -0.3 is 4.42 Å². The minimum Gasteiger partial charge on any atom is -0.439 e. The summed E-state index contributed by atoms with van der Waals surface area (Å²) in [6.07, 6.45) is 2.85. The molecule has 1 aromatic heterocycles. The highest BCUT2D eigenvalue weighted by Crippen LogP contribution is 2.36. The standard InChI is InChI=1S/C25H20F2N2O3S/c26-19-9-10-20(21(27)16-19)18-8-11-24-22(15-18)28-25(32-24)23-7-4-13-29(23)33(30,31)14-12-17-5-2-1-3-6-17/h1-3,5-6,8-12,14-16,23H,4,7,13H2/b14-12+. The van der Waals surface area contributed by atoms with Crippen LogP contribution in [0.2, 0.25) is 0 Å². The SMILES string of the molecule is O=S(=O)(/C=C/c1ccccc1)N1CCCC1c1nc2cc(-c3ccc(F)cc3F)ccc2o1. The van der Waals surface area contributed by atoms with E-state index >= 15 is 0 Å². The van der Waals surface area contributed by atoms with Crippen LogP contribution in [0, 0.1) is 11.6 Å². The number of hydrogen-bond acceptors (Lipinski definition) is 4. The van der Waals surface area contributed by atoms with Gasteiger partial charge in [0.25, 0.3) is 0 Å². The molecule has 1 aliphatic heterocycles. The maximum atomic E-state index is 14.2. The van der Waals surface area contributed by atoms with Crippen LogP contribution in [0.1, 0.15) is 30.3 Å². The molecule has 1 saturated heterocycles. The van der Waals surface area contributed by atoms with Gasteiger partial charge in [0, 0.05) is 23.6 Å². The molecule has 3 aromatic carbocycles. The van der Waals surface area contributed by atoms with Crippen molar-refractivity contribution in [3.63, 3.8) is 0 Å². The molecule has 33 heavy (non-hydrogen) atoms. The number of benzene rings is 3. The van der Waals surface area contributed by atoms with Crippen molar-refractivity contribution in [1.29, 1.82) is 0 Å². The molecule has 8 heteroatoms. The van der Waals surface area contributed by atoms with Crippen LogP contribution >= 0.6 is 0 Å². The molecule has 5 nitrogen and oxygen atoms in total. The number of oxazole rings is 1. The van der Waals surface area contributed by atoms with Crippen molar-refractivity contribution >= 4 is 27.2 Å². The zero-order chi connectivity index (χ0) is 23.0. The van der Waals surface area contributed by atoms with E-state index in [0.717, 1.165) is 11.6 Å². The second kappa shape index (κ2) is 8.53. The molecular weight excluding hydrogens is 446 g/mol. The fraction of sp³-hybridized carbons (Fsp3) is 0.160. The van der Waals surface area contributed by atoms with Crippen LogP contribution in [0.4, 0.5) is 8.78 Å². The Morgan fingerprint density at radius 1 is 1.03 bits per heavy atom. The minimum absolute atomic E-state index is 0.249. The zero-order valence-electron chi connectivity index (χ0n) is 17.5. The highest BCUT2D eigenvalue weighted by atomic mass is 32.2. The predicted molar refractivity (Wildman–Crippen MR) is 122 cm³/mol. The molecule has 0 aliphatic carbocycles. The van der Waals surface area contributed by atoms with Crippen LogP contribution in [-0.4, -0.2) is 24.3 Å². The molecule has 0 amide bonds. The summed E-state index contributed by atoms with van der Waals surface area (Å²) in [5.74, 6) is -1.02. The van der Waals surface area contributed by atoms with Crippen LogP contribution in [0.5, 0.6) is 0 Å². The fourth-order valence-electron chi connectivity index (χ4n) is 4.08. The molecule has 1 fully saturated rings. The summed E-state index contributed by atoms with van der Waals surface area (Å²) < 4.78 is 60.8. The van der Waals surface area contributed by atoms with Gasteiger partial charge in [0.05, 0.1) is 0 Å². The Hall–Kier alpha value is -3.36. The van der Waals surface area contributed by atoms with Gasteiger partial charge >= 0.3 is 0 Å². The van der Waals surface area contributed by atoms with Gasteiger partial charge in [-0.1, -0.05) is 36.4 Å².